The first-order chi connectivity index (χ1) is 6.19. The van der Waals surface area contributed by atoms with E-state index < -0.39 is 0 Å². The number of hydrogen-bond acceptors (Lipinski definition) is 5. The molecule has 6 heteroatoms. The molecule has 0 aliphatic carbocycles. The lowest BCUT2D eigenvalue weighted by Gasteiger charge is -2.04. The Morgan fingerprint density at radius 2 is 2.23 bits per heavy atom. The zero-order valence-corrected chi connectivity index (χ0v) is 8.82. The van der Waals surface area contributed by atoms with Crippen molar-refractivity contribution >= 4 is 23.4 Å². The Kier molecular flexibility index (Phi) is 3.77. The molecule has 0 radical (unpaired) electrons. The van der Waals surface area contributed by atoms with Crippen molar-refractivity contribution in [2.24, 2.45) is 0 Å². The van der Waals surface area contributed by atoms with Crippen LogP contribution >= 0.6 is 23.4 Å². The van der Waals surface area contributed by atoms with Gasteiger partial charge in [-0.05, 0) is 6.26 Å². The molecule has 4 nitrogen and oxygen atoms in total. The zero-order valence-electron chi connectivity index (χ0n) is 7.24. The second kappa shape index (κ2) is 4.64. The summed E-state index contributed by atoms with van der Waals surface area (Å²) < 4.78 is 4.87. The molecular formula is C7H9ClN2O2S. The Hall–Kier alpha value is -0.520. The molecule has 0 aromatic carbocycles. The molecule has 0 aliphatic rings. The van der Waals surface area contributed by atoms with E-state index in [1.165, 1.54) is 18.9 Å². The van der Waals surface area contributed by atoms with E-state index in [0.717, 1.165) is 0 Å². The van der Waals surface area contributed by atoms with Gasteiger partial charge in [0.05, 0.1) is 12.3 Å². The Balaban J connectivity index is 3.09. The second-order valence-corrected chi connectivity index (χ2v) is 3.38. The highest BCUT2D eigenvalue weighted by atomic mass is 35.5. The summed E-state index contributed by atoms with van der Waals surface area (Å²) in [5.74, 6) is -0.201. The topological polar surface area (TPSA) is 55.2 Å². The molecule has 0 unspecified atom stereocenters. The number of hydrogen-bond donors (Lipinski definition) is 1. The molecule has 1 aromatic heterocycles. The molecular weight excluding hydrogens is 212 g/mol. The Morgan fingerprint density at radius 1 is 1.54 bits per heavy atom. The van der Waals surface area contributed by atoms with Crippen LogP contribution in [0, 0.1) is 0 Å². The van der Waals surface area contributed by atoms with Gasteiger partial charge in [0.15, 0.2) is 5.16 Å². The standard InChI is InChI=1S/C7H9ClN2O2S/c1-12-3-4-5(8)6(11)10-7(9-4)13-2/h3H2,1-2H3,(H,9,10,11). The van der Waals surface area contributed by atoms with E-state index in [4.69, 9.17) is 16.3 Å². The molecule has 0 atom stereocenters. The van der Waals surface area contributed by atoms with Crippen LogP contribution in [-0.2, 0) is 11.3 Å². The van der Waals surface area contributed by atoms with Crippen molar-refractivity contribution in [2.75, 3.05) is 13.4 Å². The minimum Gasteiger partial charge on any atom is -0.492 e. The van der Waals surface area contributed by atoms with Crippen molar-refractivity contribution in [3.8, 4) is 5.88 Å². The summed E-state index contributed by atoms with van der Waals surface area (Å²) in [6.45, 7) is 0.266. The number of halogens is 1. The van der Waals surface area contributed by atoms with Gasteiger partial charge in [-0.2, -0.15) is 4.98 Å². The predicted octanol–water partition coefficient (Wildman–Crippen LogP) is 1.70. The zero-order chi connectivity index (χ0) is 9.84. The van der Waals surface area contributed by atoms with Crippen molar-refractivity contribution in [1.82, 2.24) is 9.97 Å². The maximum atomic E-state index is 9.29. The van der Waals surface area contributed by atoms with Gasteiger partial charge in [-0.1, -0.05) is 23.4 Å². The van der Waals surface area contributed by atoms with Gasteiger partial charge in [0, 0.05) is 7.11 Å². The smallest absolute Gasteiger partial charge is 0.234 e. The highest BCUT2D eigenvalue weighted by Gasteiger charge is 2.10. The van der Waals surface area contributed by atoms with Gasteiger partial charge >= 0.3 is 0 Å². The molecule has 1 aromatic rings. The van der Waals surface area contributed by atoms with E-state index in [2.05, 4.69) is 9.97 Å². The number of thioether (sulfide) groups is 1. The average molecular weight is 221 g/mol. The molecule has 0 bridgehead atoms. The average Bonchev–Trinajstić information content (AvgIpc) is 2.13. The van der Waals surface area contributed by atoms with Crippen LogP contribution in [0.15, 0.2) is 5.16 Å². The third-order valence-corrected chi connectivity index (χ3v) is 2.28. The quantitative estimate of drug-likeness (QED) is 0.621. The molecule has 1 rings (SSSR count). The number of rotatable bonds is 3. The summed E-state index contributed by atoms with van der Waals surface area (Å²) in [4.78, 5) is 7.83. The summed E-state index contributed by atoms with van der Waals surface area (Å²) in [6, 6.07) is 0. The summed E-state index contributed by atoms with van der Waals surface area (Å²) in [6.07, 6.45) is 1.82. The minimum absolute atomic E-state index is 0.152. The van der Waals surface area contributed by atoms with E-state index in [-0.39, 0.29) is 17.5 Å². The molecule has 0 amide bonds. The number of aromatic hydroxyl groups is 1. The van der Waals surface area contributed by atoms with E-state index in [1.54, 1.807) is 0 Å². The molecule has 0 spiro atoms. The number of nitrogens with zero attached hydrogens (tertiary/aromatic N) is 2. The summed E-state index contributed by atoms with van der Waals surface area (Å²) >= 11 is 7.07. The Bertz CT molecular complexity index is 309. The largest absolute Gasteiger partial charge is 0.492 e. The predicted molar refractivity (Wildman–Crippen MR) is 51.2 cm³/mol. The fraction of sp³-hybridized carbons (Fsp3) is 0.429. The van der Waals surface area contributed by atoms with Gasteiger partial charge in [-0.25, -0.2) is 4.98 Å². The van der Waals surface area contributed by atoms with Crippen LogP contribution in [0.5, 0.6) is 5.88 Å². The summed E-state index contributed by atoms with van der Waals surface area (Å²) in [7, 11) is 1.54. The third kappa shape index (κ3) is 2.46. The normalized spacial score (nSPS) is 10.4. The lowest BCUT2D eigenvalue weighted by Crippen LogP contribution is -1.97. The van der Waals surface area contributed by atoms with Crippen molar-refractivity contribution in [3.63, 3.8) is 0 Å². The molecule has 0 fully saturated rings. The van der Waals surface area contributed by atoms with Crippen molar-refractivity contribution < 1.29 is 9.84 Å². The molecule has 72 valence electrons. The monoisotopic (exact) mass is 220 g/mol. The van der Waals surface area contributed by atoms with Crippen LogP contribution in [0.1, 0.15) is 5.69 Å². The van der Waals surface area contributed by atoms with Crippen LogP contribution < -0.4 is 0 Å². The Morgan fingerprint density at radius 3 is 2.77 bits per heavy atom. The van der Waals surface area contributed by atoms with Gasteiger partial charge in [-0.3, -0.25) is 0 Å². The van der Waals surface area contributed by atoms with E-state index >= 15 is 0 Å². The highest BCUT2D eigenvalue weighted by molar-refractivity contribution is 7.98. The molecule has 1 heterocycles. The number of methoxy groups -OCH3 is 1. The molecule has 13 heavy (non-hydrogen) atoms. The summed E-state index contributed by atoms with van der Waals surface area (Å²) in [5.41, 5.74) is 0.501. The lowest BCUT2D eigenvalue weighted by atomic mass is 10.4. The van der Waals surface area contributed by atoms with E-state index in [9.17, 15) is 5.11 Å². The van der Waals surface area contributed by atoms with Crippen LogP contribution in [0.25, 0.3) is 0 Å². The van der Waals surface area contributed by atoms with E-state index in [1.807, 2.05) is 6.26 Å². The first-order valence-electron chi connectivity index (χ1n) is 3.47. The second-order valence-electron chi connectivity index (χ2n) is 2.23. The van der Waals surface area contributed by atoms with E-state index in [0.29, 0.717) is 10.9 Å². The van der Waals surface area contributed by atoms with Gasteiger partial charge in [-0.15, -0.1) is 0 Å². The lowest BCUT2D eigenvalue weighted by molar-refractivity contribution is 0.180. The van der Waals surface area contributed by atoms with Crippen molar-refractivity contribution in [1.29, 1.82) is 0 Å². The summed E-state index contributed by atoms with van der Waals surface area (Å²) in [5, 5.41) is 9.92. The van der Waals surface area contributed by atoms with Crippen LogP contribution in [0.2, 0.25) is 5.02 Å². The maximum absolute atomic E-state index is 9.29. The van der Waals surface area contributed by atoms with Crippen LogP contribution in [0.3, 0.4) is 0 Å². The number of aromatic nitrogens is 2. The molecule has 0 saturated heterocycles. The third-order valence-electron chi connectivity index (χ3n) is 1.35. The van der Waals surface area contributed by atoms with Crippen molar-refractivity contribution in [3.05, 3.63) is 10.7 Å². The van der Waals surface area contributed by atoms with Gasteiger partial charge in [0.1, 0.15) is 5.02 Å². The Labute approximate surface area is 85.3 Å². The van der Waals surface area contributed by atoms with Gasteiger partial charge in [0.2, 0.25) is 5.88 Å². The SMILES string of the molecule is COCc1nc(SC)nc(O)c1Cl. The molecule has 1 N–H and O–H groups in total. The van der Waals surface area contributed by atoms with Crippen molar-refractivity contribution in [2.45, 2.75) is 11.8 Å². The fourth-order valence-corrected chi connectivity index (χ4v) is 1.30. The molecule has 0 saturated carbocycles. The first kappa shape index (κ1) is 10.6. The maximum Gasteiger partial charge on any atom is 0.234 e. The minimum atomic E-state index is -0.201. The van der Waals surface area contributed by atoms with Gasteiger partial charge in [0.25, 0.3) is 0 Å². The van der Waals surface area contributed by atoms with Gasteiger partial charge < -0.3 is 9.84 Å². The molecule has 0 aliphatic heterocycles. The van der Waals surface area contributed by atoms with Crippen LogP contribution in [-0.4, -0.2) is 28.4 Å². The first-order valence-corrected chi connectivity index (χ1v) is 5.07. The fourth-order valence-electron chi connectivity index (χ4n) is 0.782. The number of ether oxygens (including phenoxy) is 1. The highest BCUT2D eigenvalue weighted by Crippen LogP contribution is 2.26. The van der Waals surface area contributed by atoms with Crippen LogP contribution in [0.4, 0.5) is 0 Å².